The number of rotatable bonds is 6. The first-order valence-corrected chi connectivity index (χ1v) is 6.45. The zero-order chi connectivity index (χ0) is 13.0. The standard InChI is InChI=1S/C13H26N4/c1-7-17(8-2)12(9-14-5)13-10(3)16(6)11(4)15-13/h12,14H,7-9H2,1-6H3. The molecular weight excluding hydrogens is 212 g/mol. The number of nitrogens with one attached hydrogen (secondary N) is 1. The Hall–Kier alpha value is -0.870. The van der Waals surface area contributed by atoms with Gasteiger partial charge in [0.05, 0.1) is 11.7 Å². The normalized spacial score (nSPS) is 13.4. The van der Waals surface area contributed by atoms with Crippen LogP contribution in [0, 0.1) is 13.8 Å². The van der Waals surface area contributed by atoms with Crippen molar-refractivity contribution < 1.29 is 0 Å². The summed E-state index contributed by atoms with van der Waals surface area (Å²) < 4.78 is 2.17. The third kappa shape index (κ3) is 2.87. The highest BCUT2D eigenvalue weighted by Crippen LogP contribution is 2.22. The summed E-state index contributed by atoms with van der Waals surface area (Å²) in [6, 6.07) is 0.370. The van der Waals surface area contributed by atoms with E-state index in [4.69, 9.17) is 4.98 Å². The van der Waals surface area contributed by atoms with E-state index in [2.05, 4.69) is 49.5 Å². The molecule has 0 bridgehead atoms. The van der Waals surface area contributed by atoms with Crippen molar-refractivity contribution in [3.63, 3.8) is 0 Å². The monoisotopic (exact) mass is 238 g/mol. The summed E-state index contributed by atoms with van der Waals surface area (Å²) in [4.78, 5) is 7.18. The van der Waals surface area contributed by atoms with Crippen molar-refractivity contribution in [3.8, 4) is 0 Å². The maximum absolute atomic E-state index is 4.73. The van der Waals surface area contributed by atoms with Gasteiger partial charge < -0.3 is 9.88 Å². The average Bonchev–Trinajstić information content (AvgIpc) is 2.57. The first kappa shape index (κ1) is 14.2. The van der Waals surface area contributed by atoms with Gasteiger partial charge in [0, 0.05) is 19.3 Å². The molecule has 0 aromatic carbocycles. The summed E-state index contributed by atoms with van der Waals surface area (Å²) in [7, 11) is 4.08. The van der Waals surface area contributed by atoms with Crippen LogP contribution in [0.15, 0.2) is 0 Å². The molecule has 4 heteroatoms. The van der Waals surface area contributed by atoms with Gasteiger partial charge in [0.15, 0.2) is 0 Å². The molecular formula is C13H26N4. The summed E-state index contributed by atoms with van der Waals surface area (Å²) in [5.41, 5.74) is 2.48. The Morgan fingerprint density at radius 3 is 2.24 bits per heavy atom. The van der Waals surface area contributed by atoms with Crippen LogP contribution in [0.2, 0.25) is 0 Å². The lowest BCUT2D eigenvalue weighted by atomic mass is 10.1. The summed E-state index contributed by atoms with van der Waals surface area (Å²) in [6.45, 7) is 11.7. The van der Waals surface area contributed by atoms with Gasteiger partial charge in [-0.3, -0.25) is 4.90 Å². The summed E-state index contributed by atoms with van der Waals surface area (Å²) in [5.74, 6) is 1.09. The fraction of sp³-hybridized carbons (Fsp3) is 0.769. The molecule has 1 heterocycles. The van der Waals surface area contributed by atoms with Crippen LogP contribution in [-0.2, 0) is 7.05 Å². The molecule has 0 radical (unpaired) electrons. The molecule has 0 aliphatic rings. The minimum Gasteiger partial charge on any atom is -0.335 e. The maximum atomic E-state index is 4.73. The van der Waals surface area contributed by atoms with Crippen LogP contribution in [-0.4, -0.2) is 41.1 Å². The Labute approximate surface area is 105 Å². The average molecular weight is 238 g/mol. The van der Waals surface area contributed by atoms with Gasteiger partial charge in [-0.15, -0.1) is 0 Å². The lowest BCUT2D eigenvalue weighted by molar-refractivity contribution is 0.211. The fourth-order valence-electron chi connectivity index (χ4n) is 2.32. The molecule has 1 aromatic heterocycles. The van der Waals surface area contributed by atoms with E-state index >= 15 is 0 Å². The zero-order valence-electron chi connectivity index (χ0n) is 12.0. The summed E-state index contributed by atoms with van der Waals surface area (Å²) >= 11 is 0. The molecule has 1 atom stereocenters. The van der Waals surface area contributed by atoms with E-state index in [0.29, 0.717) is 6.04 Å². The Morgan fingerprint density at radius 1 is 1.29 bits per heavy atom. The van der Waals surface area contributed by atoms with Crippen molar-refractivity contribution in [1.82, 2.24) is 19.8 Å². The van der Waals surface area contributed by atoms with Crippen LogP contribution in [0.25, 0.3) is 0 Å². The highest BCUT2D eigenvalue weighted by Gasteiger charge is 2.22. The predicted molar refractivity (Wildman–Crippen MR) is 72.3 cm³/mol. The van der Waals surface area contributed by atoms with E-state index in [1.807, 2.05) is 7.05 Å². The lowest BCUT2D eigenvalue weighted by Crippen LogP contribution is -2.35. The quantitative estimate of drug-likeness (QED) is 0.818. The predicted octanol–water partition coefficient (Wildman–Crippen LogP) is 1.64. The van der Waals surface area contributed by atoms with Crippen molar-refractivity contribution in [2.75, 3.05) is 26.7 Å². The Kier molecular flexibility index (Phi) is 5.15. The highest BCUT2D eigenvalue weighted by molar-refractivity contribution is 5.19. The molecule has 4 nitrogen and oxygen atoms in total. The van der Waals surface area contributed by atoms with Gasteiger partial charge in [0.25, 0.3) is 0 Å². The molecule has 0 spiro atoms. The van der Waals surface area contributed by atoms with Gasteiger partial charge >= 0.3 is 0 Å². The molecule has 0 amide bonds. The van der Waals surface area contributed by atoms with Gasteiger partial charge in [-0.25, -0.2) is 4.98 Å². The van der Waals surface area contributed by atoms with Crippen molar-refractivity contribution in [2.24, 2.45) is 7.05 Å². The van der Waals surface area contributed by atoms with E-state index < -0.39 is 0 Å². The lowest BCUT2D eigenvalue weighted by Gasteiger charge is -2.28. The molecule has 1 N–H and O–H groups in total. The second-order valence-electron chi connectivity index (χ2n) is 4.48. The van der Waals surface area contributed by atoms with Crippen LogP contribution in [0.5, 0.6) is 0 Å². The number of imidazole rings is 1. The van der Waals surface area contributed by atoms with Crippen LogP contribution in [0.3, 0.4) is 0 Å². The van der Waals surface area contributed by atoms with Crippen molar-refractivity contribution in [2.45, 2.75) is 33.7 Å². The zero-order valence-corrected chi connectivity index (χ0v) is 12.0. The molecule has 98 valence electrons. The minimum atomic E-state index is 0.370. The SMILES string of the molecule is CCN(CC)C(CNC)c1nc(C)n(C)c1C. The first-order valence-electron chi connectivity index (χ1n) is 6.45. The number of hydrogen-bond donors (Lipinski definition) is 1. The van der Waals surface area contributed by atoms with Crippen LogP contribution < -0.4 is 5.32 Å². The van der Waals surface area contributed by atoms with Crippen LogP contribution >= 0.6 is 0 Å². The van der Waals surface area contributed by atoms with Gasteiger partial charge in [0.1, 0.15) is 5.82 Å². The number of likely N-dealkylation sites (N-methyl/N-ethyl adjacent to an activating group) is 2. The second-order valence-corrected chi connectivity index (χ2v) is 4.48. The van der Waals surface area contributed by atoms with Crippen LogP contribution in [0.4, 0.5) is 0 Å². The molecule has 1 unspecified atom stereocenters. The van der Waals surface area contributed by atoms with E-state index in [1.165, 1.54) is 11.4 Å². The number of nitrogens with zero attached hydrogens (tertiary/aromatic N) is 3. The highest BCUT2D eigenvalue weighted by atomic mass is 15.2. The first-order chi connectivity index (χ1) is 8.06. The third-order valence-corrected chi connectivity index (χ3v) is 3.61. The molecule has 0 aliphatic heterocycles. The second kappa shape index (κ2) is 6.17. The summed E-state index contributed by atoms with van der Waals surface area (Å²) in [5, 5.41) is 3.28. The minimum absolute atomic E-state index is 0.370. The molecule has 0 saturated carbocycles. The van der Waals surface area contributed by atoms with E-state index in [0.717, 1.165) is 25.5 Å². The molecule has 0 fully saturated rings. The Balaban J connectivity index is 3.08. The largest absolute Gasteiger partial charge is 0.335 e. The van der Waals surface area contributed by atoms with Gasteiger partial charge in [-0.2, -0.15) is 0 Å². The van der Waals surface area contributed by atoms with E-state index in [-0.39, 0.29) is 0 Å². The van der Waals surface area contributed by atoms with Gasteiger partial charge in [0.2, 0.25) is 0 Å². The number of aryl methyl sites for hydroxylation is 1. The third-order valence-electron chi connectivity index (χ3n) is 3.61. The topological polar surface area (TPSA) is 33.1 Å². The number of aromatic nitrogens is 2. The van der Waals surface area contributed by atoms with Gasteiger partial charge in [-0.1, -0.05) is 13.8 Å². The molecule has 1 aromatic rings. The Morgan fingerprint density at radius 2 is 1.88 bits per heavy atom. The fourth-order valence-corrected chi connectivity index (χ4v) is 2.32. The Bertz CT molecular complexity index is 353. The molecule has 0 saturated heterocycles. The molecule has 17 heavy (non-hydrogen) atoms. The van der Waals surface area contributed by atoms with Crippen molar-refractivity contribution in [1.29, 1.82) is 0 Å². The molecule has 1 rings (SSSR count). The van der Waals surface area contributed by atoms with E-state index in [9.17, 15) is 0 Å². The number of hydrogen-bond acceptors (Lipinski definition) is 3. The maximum Gasteiger partial charge on any atom is 0.105 e. The van der Waals surface area contributed by atoms with E-state index in [1.54, 1.807) is 0 Å². The smallest absolute Gasteiger partial charge is 0.105 e. The van der Waals surface area contributed by atoms with Crippen molar-refractivity contribution >= 4 is 0 Å². The van der Waals surface area contributed by atoms with Crippen LogP contribution in [0.1, 0.15) is 37.1 Å². The summed E-state index contributed by atoms with van der Waals surface area (Å²) in [6.07, 6.45) is 0. The molecule has 0 aliphatic carbocycles. The van der Waals surface area contributed by atoms with Crippen molar-refractivity contribution in [3.05, 3.63) is 17.2 Å². The van der Waals surface area contributed by atoms with Gasteiger partial charge in [-0.05, 0) is 34.0 Å².